The zero-order valence-corrected chi connectivity index (χ0v) is 14.2. The van der Waals surface area contributed by atoms with Crippen LogP contribution in [-0.2, 0) is 11.2 Å². The number of phenols is 1. The molecule has 5 nitrogen and oxygen atoms in total. The minimum atomic E-state index is -0.540. The van der Waals surface area contributed by atoms with E-state index in [9.17, 15) is 9.90 Å². The van der Waals surface area contributed by atoms with E-state index in [1.807, 2.05) is 6.07 Å². The van der Waals surface area contributed by atoms with Gasteiger partial charge in [0.1, 0.15) is 0 Å². The van der Waals surface area contributed by atoms with Crippen molar-refractivity contribution < 1.29 is 24.1 Å². The summed E-state index contributed by atoms with van der Waals surface area (Å²) in [6.07, 6.45) is 5.36. The van der Waals surface area contributed by atoms with E-state index in [1.54, 1.807) is 36.4 Å². The van der Waals surface area contributed by atoms with E-state index in [0.717, 1.165) is 5.56 Å². The Hall–Kier alpha value is -3.21. The highest BCUT2D eigenvalue weighted by molar-refractivity contribution is 5.89. The maximum atomic E-state index is 12.0. The lowest BCUT2D eigenvalue weighted by Crippen LogP contribution is -2.05. The van der Waals surface area contributed by atoms with E-state index in [1.165, 1.54) is 26.4 Å². The SMILES string of the molecule is C=CCc1ccc(OC(=O)/C=C\c2ccc(O)c(OC)c2)c(OC)c1. The van der Waals surface area contributed by atoms with Crippen molar-refractivity contribution in [2.75, 3.05) is 14.2 Å². The Labute approximate surface area is 146 Å². The van der Waals surface area contributed by atoms with Crippen LogP contribution < -0.4 is 14.2 Å². The van der Waals surface area contributed by atoms with Crippen LogP contribution >= 0.6 is 0 Å². The smallest absolute Gasteiger partial charge is 0.336 e. The third-order valence-corrected chi connectivity index (χ3v) is 3.43. The number of hydrogen-bond acceptors (Lipinski definition) is 5. The van der Waals surface area contributed by atoms with E-state index in [4.69, 9.17) is 14.2 Å². The second kappa shape index (κ2) is 8.59. The average Bonchev–Trinajstić information content (AvgIpc) is 2.62. The summed E-state index contributed by atoms with van der Waals surface area (Å²) in [7, 11) is 2.97. The Bertz CT molecular complexity index is 793. The quantitative estimate of drug-likeness (QED) is 0.360. The molecular formula is C20H20O5. The maximum absolute atomic E-state index is 12.0. The molecule has 2 aromatic rings. The molecule has 1 N–H and O–H groups in total. The van der Waals surface area contributed by atoms with E-state index >= 15 is 0 Å². The Morgan fingerprint density at radius 2 is 1.84 bits per heavy atom. The van der Waals surface area contributed by atoms with E-state index < -0.39 is 5.97 Å². The highest BCUT2D eigenvalue weighted by atomic mass is 16.6. The molecule has 0 heterocycles. The van der Waals surface area contributed by atoms with Gasteiger partial charge in [0.2, 0.25) is 0 Å². The van der Waals surface area contributed by atoms with Crippen molar-refractivity contribution in [1.29, 1.82) is 0 Å². The fraction of sp³-hybridized carbons (Fsp3) is 0.150. The molecule has 0 unspecified atom stereocenters. The van der Waals surface area contributed by atoms with Crippen molar-refractivity contribution in [2.45, 2.75) is 6.42 Å². The predicted octanol–water partition coefficient (Wildman–Crippen LogP) is 3.76. The summed E-state index contributed by atoms with van der Waals surface area (Å²) in [5.41, 5.74) is 1.71. The first-order chi connectivity index (χ1) is 12.1. The number of esters is 1. The molecule has 0 saturated heterocycles. The fourth-order valence-corrected chi connectivity index (χ4v) is 2.19. The van der Waals surface area contributed by atoms with Crippen LogP contribution in [0, 0.1) is 0 Å². The van der Waals surface area contributed by atoms with Crippen LogP contribution in [0.15, 0.2) is 55.1 Å². The topological polar surface area (TPSA) is 65.0 Å². The Morgan fingerprint density at radius 3 is 2.52 bits per heavy atom. The van der Waals surface area contributed by atoms with Gasteiger partial charge in [-0.15, -0.1) is 6.58 Å². The van der Waals surface area contributed by atoms with E-state index in [2.05, 4.69) is 6.58 Å². The summed E-state index contributed by atoms with van der Waals surface area (Å²) in [5, 5.41) is 9.56. The van der Waals surface area contributed by atoms with Gasteiger partial charge in [0.15, 0.2) is 23.0 Å². The normalized spacial score (nSPS) is 10.5. The summed E-state index contributed by atoms with van der Waals surface area (Å²) in [4.78, 5) is 12.0. The lowest BCUT2D eigenvalue weighted by atomic mass is 10.1. The van der Waals surface area contributed by atoms with Crippen molar-refractivity contribution in [3.63, 3.8) is 0 Å². The summed E-state index contributed by atoms with van der Waals surface area (Å²) >= 11 is 0. The van der Waals surface area contributed by atoms with Gasteiger partial charge in [0, 0.05) is 6.08 Å². The summed E-state index contributed by atoms with van der Waals surface area (Å²) in [5.74, 6) is 0.643. The van der Waals surface area contributed by atoms with Crippen LogP contribution in [0.25, 0.3) is 6.08 Å². The second-order valence-corrected chi connectivity index (χ2v) is 5.16. The first-order valence-electron chi connectivity index (χ1n) is 7.62. The van der Waals surface area contributed by atoms with E-state index in [0.29, 0.717) is 29.2 Å². The lowest BCUT2D eigenvalue weighted by molar-refractivity contribution is -0.129. The molecule has 0 aliphatic carbocycles. The van der Waals surface area contributed by atoms with Gasteiger partial charge >= 0.3 is 5.97 Å². The molecule has 2 aromatic carbocycles. The molecule has 0 radical (unpaired) electrons. The number of allylic oxidation sites excluding steroid dienone is 1. The number of ether oxygens (including phenoxy) is 3. The van der Waals surface area contributed by atoms with Crippen molar-refractivity contribution in [2.24, 2.45) is 0 Å². The second-order valence-electron chi connectivity index (χ2n) is 5.16. The number of carbonyl (C=O) groups excluding carboxylic acids is 1. The molecule has 0 fully saturated rings. The number of benzene rings is 2. The maximum Gasteiger partial charge on any atom is 0.336 e. The highest BCUT2D eigenvalue weighted by Gasteiger charge is 2.09. The Morgan fingerprint density at radius 1 is 1.08 bits per heavy atom. The molecular weight excluding hydrogens is 320 g/mol. The standard InChI is InChI=1S/C20H20O5/c1-4-5-14-7-10-17(19(13-14)24-3)25-20(22)11-8-15-6-9-16(21)18(12-15)23-2/h4,6-13,21H,1,5H2,2-3H3/b11-8-. The Kier molecular flexibility index (Phi) is 6.23. The number of methoxy groups -OCH3 is 2. The minimum Gasteiger partial charge on any atom is -0.504 e. The third kappa shape index (κ3) is 4.88. The molecule has 2 rings (SSSR count). The van der Waals surface area contributed by atoms with Crippen molar-refractivity contribution >= 4 is 12.0 Å². The number of hydrogen-bond donors (Lipinski definition) is 1. The summed E-state index contributed by atoms with van der Waals surface area (Å²) < 4.78 is 15.6. The molecule has 130 valence electrons. The largest absolute Gasteiger partial charge is 0.504 e. The number of aromatic hydroxyl groups is 1. The molecule has 0 amide bonds. The highest BCUT2D eigenvalue weighted by Crippen LogP contribution is 2.29. The van der Waals surface area contributed by atoms with Gasteiger partial charge in [-0.1, -0.05) is 18.2 Å². The van der Waals surface area contributed by atoms with Gasteiger partial charge in [-0.2, -0.15) is 0 Å². The van der Waals surface area contributed by atoms with Crippen LogP contribution in [0.4, 0.5) is 0 Å². The number of carbonyl (C=O) groups is 1. The molecule has 0 saturated carbocycles. The predicted molar refractivity (Wildman–Crippen MR) is 96.2 cm³/mol. The minimum absolute atomic E-state index is 0.0339. The van der Waals surface area contributed by atoms with Crippen LogP contribution in [0.3, 0.4) is 0 Å². The van der Waals surface area contributed by atoms with Gasteiger partial charge in [0.05, 0.1) is 14.2 Å². The number of rotatable bonds is 7. The van der Waals surface area contributed by atoms with Crippen LogP contribution in [0.1, 0.15) is 11.1 Å². The zero-order valence-electron chi connectivity index (χ0n) is 14.2. The fourth-order valence-electron chi connectivity index (χ4n) is 2.19. The molecule has 5 heteroatoms. The van der Waals surface area contributed by atoms with Gasteiger partial charge in [-0.25, -0.2) is 4.79 Å². The van der Waals surface area contributed by atoms with Crippen LogP contribution in [0.5, 0.6) is 23.0 Å². The Balaban J connectivity index is 2.10. The summed E-state index contributed by atoms with van der Waals surface area (Å²) in [6.45, 7) is 3.69. The first kappa shape index (κ1) is 18.1. The molecule has 0 aromatic heterocycles. The van der Waals surface area contributed by atoms with Gasteiger partial charge in [-0.05, 0) is 47.9 Å². The molecule has 0 aliphatic rings. The van der Waals surface area contributed by atoms with Crippen molar-refractivity contribution in [3.05, 3.63) is 66.3 Å². The number of phenolic OH excluding ortho intramolecular Hbond substituents is 1. The van der Waals surface area contributed by atoms with Gasteiger partial charge in [0.25, 0.3) is 0 Å². The third-order valence-electron chi connectivity index (χ3n) is 3.43. The van der Waals surface area contributed by atoms with Crippen molar-refractivity contribution in [3.8, 4) is 23.0 Å². The molecule has 0 atom stereocenters. The zero-order chi connectivity index (χ0) is 18.2. The monoisotopic (exact) mass is 340 g/mol. The van der Waals surface area contributed by atoms with Crippen LogP contribution in [-0.4, -0.2) is 25.3 Å². The van der Waals surface area contributed by atoms with E-state index in [-0.39, 0.29) is 5.75 Å². The lowest BCUT2D eigenvalue weighted by Gasteiger charge is -2.09. The molecule has 0 aliphatic heterocycles. The molecule has 25 heavy (non-hydrogen) atoms. The first-order valence-corrected chi connectivity index (χ1v) is 7.62. The van der Waals surface area contributed by atoms with Crippen molar-refractivity contribution in [1.82, 2.24) is 0 Å². The average molecular weight is 340 g/mol. The molecule has 0 spiro atoms. The molecule has 0 bridgehead atoms. The van der Waals surface area contributed by atoms with Crippen LogP contribution in [0.2, 0.25) is 0 Å². The van der Waals surface area contributed by atoms with Gasteiger partial charge < -0.3 is 19.3 Å². The summed E-state index contributed by atoms with van der Waals surface area (Å²) in [6, 6.07) is 10.1. The van der Waals surface area contributed by atoms with Gasteiger partial charge in [-0.3, -0.25) is 0 Å².